The molecule has 0 spiro atoms. The number of rotatable bonds is 4. The van der Waals surface area contributed by atoms with Crippen LogP contribution in [0.1, 0.15) is 39.2 Å². The Hall–Kier alpha value is -1.59. The van der Waals surface area contributed by atoms with Gasteiger partial charge >= 0.3 is 6.09 Å². The first-order valence-corrected chi connectivity index (χ1v) is 8.26. The van der Waals surface area contributed by atoms with Crippen LogP contribution in [0.5, 0.6) is 0 Å². The van der Waals surface area contributed by atoms with Gasteiger partial charge in [-0.05, 0) is 39.2 Å². The zero-order valence-electron chi connectivity index (χ0n) is 14.3. The number of carbonyl (C=O) groups is 1. The maximum Gasteiger partial charge on any atom is 0.407 e. The van der Waals surface area contributed by atoms with Gasteiger partial charge in [0.25, 0.3) is 0 Å². The summed E-state index contributed by atoms with van der Waals surface area (Å²) in [7, 11) is 0. The fraction of sp³-hybridized carbons (Fsp3) is 0.611. The van der Waals surface area contributed by atoms with E-state index in [9.17, 15) is 9.90 Å². The van der Waals surface area contributed by atoms with Gasteiger partial charge < -0.3 is 15.2 Å². The number of nitrogens with one attached hydrogen (secondary N) is 1. The highest BCUT2D eigenvalue weighted by Crippen LogP contribution is 2.20. The quantitative estimate of drug-likeness (QED) is 0.895. The fourth-order valence-electron chi connectivity index (χ4n) is 2.83. The SMILES string of the molecule is CC(C)(C)OC(=O)NCC1CC(O)CCN1Cc1ccccc1. The van der Waals surface area contributed by atoms with E-state index in [0.717, 1.165) is 19.5 Å². The van der Waals surface area contributed by atoms with Crippen LogP contribution in [-0.2, 0) is 11.3 Å². The van der Waals surface area contributed by atoms with E-state index in [0.29, 0.717) is 13.0 Å². The molecule has 0 saturated carbocycles. The van der Waals surface area contributed by atoms with Crippen molar-refractivity contribution in [2.24, 2.45) is 0 Å². The van der Waals surface area contributed by atoms with Crippen LogP contribution in [0.25, 0.3) is 0 Å². The molecule has 0 radical (unpaired) electrons. The van der Waals surface area contributed by atoms with Crippen LogP contribution in [0, 0.1) is 0 Å². The second-order valence-electron chi connectivity index (χ2n) is 7.17. The molecule has 5 heteroatoms. The van der Waals surface area contributed by atoms with Crippen LogP contribution >= 0.6 is 0 Å². The van der Waals surface area contributed by atoms with Gasteiger partial charge in [0.1, 0.15) is 5.60 Å². The van der Waals surface area contributed by atoms with Crippen LogP contribution in [0.4, 0.5) is 4.79 Å². The third kappa shape index (κ3) is 6.20. The van der Waals surface area contributed by atoms with Crippen LogP contribution in [0.3, 0.4) is 0 Å². The van der Waals surface area contributed by atoms with Crippen molar-refractivity contribution in [1.29, 1.82) is 0 Å². The van der Waals surface area contributed by atoms with Gasteiger partial charge in [0.15, 0.2) is 0 Å². The van der Waals surface area contributed by atoms with Crippen molar-refractivity contribution in [3.63, 3.8) is 0 Å². The third-order valence-corrected chi connectivity index (χ3v) is 3.92. The van der Waals surface area contributed by atoms with Crippen molar-refractivity contribution in [1.82, 2.24) is 10.2 Å². The average molecular weight is 320 g/mol. The maximum absolute atomic E-state index is 11.8. The monoisotopic (exact) mass is 320 g/mol. The smallest absolute Gasteiger partial charge is 0.407 e. The van der Waals surface area contributed by atoms with Crippen LogP contribution < -0.4 is 5.32 Å². The molecule has 2 unspecified atom stereocenters. The first-order chi connectivity index (χ1) is 10.8. The lowest BCUT2D eigenvalue weighted by molar-refractivity contribution is 0.0290. The highest BCUT2D eigenvalue weighted by Gasteiger charge is 2.28. The minimum absolute atomic E-state index is 0.117. The molecule has 1 saturated heterocycles. The maximum atomic E-state index is 11.8. The number of likely N-dealkylation sites (tertiary alicyclic amines) is 1. The number of amides is 1. The second kappa shape index (κ2) is 7.79. The number of hydrogen-bond donors (Lipinski definition) is 2. The van der Waals surface area contributed by atoms with Crippen molar-refractivity contribution >= 4 is 6.09 Å². The summed E-state index contributed by atoms with van der Waals surface area (Å²) < 4.78 is 5.28. The Balaban J connectivity index is 1.91. The summed E-state index contributed by atoms with van der Waals surface area (Å²) in [5.74, 6) is 0. The summed E-state index contributed by atoms with van der Waals surface area (Å²) in [4.78, 5) is 14.2. The normalized spacial score (nSPS) is 22.6. The van der Waals surface area contributed by atoms with E-state index in [1.807, 2.05) is 39.0 Å². The predicted molar refractivity (Wildman–Crippen MR) is 90.1 cm³/mol. The Kier molecular flexibility index (Phi) is 6.02. The van der Waals surface area contributed by atoms with Crippen molar-refractivity contribution < 1.29 is 14.6 Å². The average Bonchev–Trinajstić information content (AvgIpc) is 2.47. The number of hydrogen-bond acceptors (Lipinski definition) is 4. The van der Waals surface area contributed by atoms with Gasteiger partial charge in [0, 0.05) is 25.7 Å². The number of alkyl carbamates (subject to hydrolysis) is 1. The molecule has 0 aliphatic carbocycles. The number of piperidine rings is 1. The van der Waals surface area contributed by atoms with Gasteiger partial charge in [0.05, 0.1) is 6.10 Å². The summed E-state index contributed by atoms with van der Waals surface area (Å²) in [5.41, 5.74) is 0.742. The van der Waals surface area contributed by atoms with Crippen molar-refractivity contribution in [2.45, 2.75) is 57.9 Å². The molecule has 1 fully saturated rings. The molecule has 2 rings (SSSR count). The standard InChI is InChI=1S/C18H28N2O3/c1-18(2,3)23-17(22)19-12-15-11-16(21)9-10-20(15)13-14-7-5-4-6-8-14/h4-8,15-16,21H,9-13H2,1-3H3,(H,19,22). The van der Waals surface area contributed by atoms with Gasteiger partial charge in [-0.3, -0.25) is 4.90 Å². The predicted octanol–water partition coefficient (Wildman–Crippen LogP) is 2.54. The molecule has 0 bridgehead atoms. The lowest BCUT2D eigenvalue weighted by Gasteiger charge is -2.38. The van der Waals surface area contributed by atoms with Crippen molar-refractivity contribution in [3.8, 4) is 0 Å². The molecular weight excluding hydrogens is 292 g/mol. The molecule has 2 atom stereocenters. The molecule has 1 aromatic carbocycles. The van der Waals surface area contributed by atoms with Gasteiger partial charge in [-0.2, -0.15) is 0 Å². The van der Waals surface area contributed by atoms with Gasteiger partial charge in [-0.15, -0.1) is 0 Å². The summed E-state index contributed by atoms with van der Waals surface area (Å²) in [6, 6.07) is 10.4. The topological polar surface area (TPSA) is 61.8 Å². The third-order valence-electron chi connectivity index (χ3n) is 3.92. The minimum atomic E-state index is -0.500. The number of aliphatic hydroxyl groups excluding tert-OH is 1. The Labute approximate surface area is 138 Å². The van der Waals surface area contributed by atoms with Crippen molar-refractivity contribution in [2.75, 3.05) is 13.1 Å². The minimum Gasteiger partial charge on any atom is -0.444 e. The molecule has 0 aromatic heterocycles. The van der Waals surface area contributed by atoms with Crippen molar-refractivity contribution in [3.05, 3.63) is 35.9 Å². The summed E-state index contributed by atoms with van der Waals surface area (Å²) >= 11 is 0. The molecule has 128 valence electrons. The Morgan fingerprint density at radius 1 is 1.35 bits per heavy atom. The Morgan fingerprint density at radius 2 is 2.04 bits per heavy atom. The first-order valence-electron chi connectivity index (χ1n) is 8.26. The molecule has 1 aromatic rings. The summed E-state index contributed by atoms with van der Waals surface area (Å²) in [5, 5.41) is 12.8. The molecule has 5 nitrogen and oxygen atoms in total. The number of ether oxygens (including phenoxy) is 1. The van der Waals surface area contributed by atoms with E-state index >= 15 is 0 Å². The van der Waals surface area contributed by atoms with E-state index in [-0.39, 0.29) is 12.1 Å². The zero-order chi connectivity index (χ0) is 16.9. The summed E-state index contributed by atoms with van der Waals surface area (Å²) in [6.45, 7) is 7.68. The van der Waals surface area contributed by atoms with E-state index in [1.54, 1.807) is 0 Å². The number of benzene rings is 1. The molecule has 1 heterocycles. The molecular formula is C18H28N2O3. The van der Waals surface area contributed by atoms with E-state index < -0.39 is 11.7 Å². The lowest BCUT2D eigenvalue weighted by Crippen LogP contribution is -2.50. The lowest BCUT2D eigenvalue weighted by atomic mass is 9.98. The zero-order valence-corrected chi connectivity index (χ0v) is 14.3. The molecule has 1 aliphatic heterocycles. The highest BCUT2D eigenvalue weighted by atomic mass is 16.6. The molecule has 23 heavy (non-hydrogen) atoms. The first kappa shape index (κ1) is 17.8. The molecule has 1 amide bonds. The Bertz CT molecular complexity index is 499. The van der Waals surface area contributed by atoms with E-state index in [4.69, 9.17) is 4.74 Å². The molecule has 1 aliphatic rings. The van der Waals surface area contributed by atoms with Crippen LogP contribution in [0.15, 0.2) is 30.3 Å². The van der Waals surface area contributed by atoms with E-state index in [2.05, 4.69) is 22.3 Å². The van der Waals surface area contributed by atoms with Gasteiger partial charge in [-0.25, -0.2) is 4.79 Å². The highest BCUT2D eigenvalue weighted by molar-refractivity contribution is 5.67. The van der Waals surface area contributed by atoms with Crippen LogP contribution in [-0.4, -0.2) is 46.9 Å². The number of carbonyl (C=O) groups excluding carboxylic acids is 1. The Morgan fingerprint density at radius 3 is 2.70 bits per heavy atom. The van der Waals surface area contributed by atoms with E-state index in [1.165, 1.54) is 5.56 Å². The van der Waals surface area contributed by atoms with Crippen LogP contribution in [0.2, 0.25) is 0 Å². The van der Waals surface area contributed by atoms with Gasteiger partial charge in [0.2, 0.25) is 0 Å². The molecule has 2 N–H and O–H groups in total. The second-order valence-corrected chi connectivity index (χ2v) is 7.17. The van der Waals surface area contributed by atoms with Gasteiger partial charge in [-0.1, -0.05) is 30.3 Å². The number of aliphatic hydroxyl groups is 1. The summed E-state index contributed by atoms with van der Waals surface area (Å²) in [6.07, 6.45) is 0.739. The number of nitrogens with zero attached hydrogens (tertiary/aromatic N) is 1. The fourth-order valence-corrected chi connectivity index (χ4v) is 2.83. The largest absolute Gasteiger partial charge is 0.444 e.